The van der Waals surface area contributed by atoms with Crippen LogP contribution in [0.25, 0.3) is 0 Å². The van der Waals surface area contributed by atoms with E-state index in [1.54, 1.807) is 7.11 Å². The molecule has 76 valence electrons. The second-order valence-electron chi connectivity index (χ2n) is 3.41. The summed E-state index contributed by atoms with van der Waals surface area (Å²) in [6.07, 6.45) is 2.45. The molecule has 1 rings (SSSR count). The SMILES string of the molecule is COCC(CC=O)Cc1ccccc1. The lowest BCUT2D eigenvalue weighted by Gasteiger charge is -2.12. The molecule has 0 radical (unpaired) electrons. The van der Waals surface area contributed by atoms with Crippen molar-refractivity contribution in [2.24, 2.45) is 5.92 Å². The van der Waals surface area contributed by atoms with E-state index >= 15 is 0 Å². The number of aldehydes is 1. The van der Waals surface area contributed by atoms with Crippen molar-refractivity contribution >= 4 is 6.29 Å². The molecule has 0 aliphatic rings. The predicted molar refractivity (Wildman–Crippen MR) is 56.2 cm³/mol. The molecular weight excluding hydrogens is 176 g/mol. The third-order valence-electron chi connectivity index (χ3n) is 2.20. The van der Waals surface area contributed by atoms with E-state index in [9.17, 15) is 4.79 Å². The van der Waals surface area contributed by atoms with Gasteiger partial charge in [-0.3, -0.25) is 0 Å². The van der Waals surface area contributed by atoms with Crippen LogP contribution in [0.3, 0.4) is 0 Å². The third kappa shape index (κ3) is 3.71. The van der Waals surface area contributed by atoms with Crippen molar-refractivity contribution in [2.75, 3.05) is 13.7 Å². The minimum absolute atomic E-state index is 0.305. The van der Waals surface area contributed by atoms with Gasteiger partial charge in [0.1, 0.15) is 6.29 Å². The lowest BCUT2D eigenvalue weighted by molar-refractivity contribution is -0.109. The van der Waals surface area contributed by atoms with Crippen molar-refractivity contribution in [3.8, 4) is 0 Å². The van der Waals surface area contributed by atoms with Gasteiger partial charge < -0.3 is 9.53 Å². The number of benzene rings is 1. The maximum absolute atomic E-state index is 10.4. The summed E-state index contributed by atoms with van der Waals surface area (Å²) in [6.45, 7) is 0.646. The molecule has 1 aromatic carbocycles. The Morgan fingerprint density at radius 2 is 2.07 bits per heavy atom. The van der Waals surface area contributed by atoms with E-state index in [1.807, 2.05) is 18.2 Å². The van der Waals surface area contributed by atoms with Crippen LogP contribution in [0, 0.1) is 5.92 Å². The van der Waals surface area contributed by atoms with E-state index in [4.69, 9.17) is 4.74 Å². The average Bonchev–Trinajstić information content (AvgIpc) is 2.20. The highest BCUT2D eigenvalue weighted by Crippen LogP contribution is 2.11. The van der Waals surface area contributed by atoms with Gasteiger partial charge in [0.05, 0.1) is 0 Å². The van der Waals surface area contributed by atoms with Gasteiger partial charge in [-0.2, -0.15) is 0 Å². The first-order valence-electron chi connectivity index (χ1n) is 4.83. The number of methoxy groups -OCH3 is 1. The number of rotatable bonds is 6. The molecule has 2 nitrogen and oxygen atoms in total. The molecule has 1 atom stereocenters. The lowest BCUT2D eigenvalue weighted by atomic mass is 9.98. The molecule has 0 saturated heterocycles. The van der Waals surface area contributed by atoms with E-state index in [2.05, 4.69) is 12.1 Å². The van der Waals surface area contributed by atoms with Crippen molar-refractivity contribution in [3.63, 3.8) is 0 Å². The molecule has 0 fully saturated rings. The van der Waals surface area contributed by atoms with Gasteiger partial charge in [-0.05, 0) is 17.9 Å². The summed E-state index contributed by atoms with van der Waals surface area (Å²) in [5.41, 5.74) is 1.26. The van der Waals surface area contributed by atoms with Gasteiger partial charge in [0.2, 0.25) is 0 Å². The van der Waals surface area contributed by atoms with Gasteiger partial charge in [0.25, 0.3) is 0 Å². The van der Waals surface area contributed by atoms with Crippen molar-refractivity contribution in [1.82, 2.24) is 0 Å². The molecule has 14 heavy (non-hydrogen) atoms. The van der Waals surface area contributed by atoms with Crippen LogP contribution in [0.1, 0.15) is 12.0 Å². The summed E-state index contributed by atoms with van der Waals surface area (Å²) in [7, 11) is 1.67. The number of carbonyl (C=O) groups excluding carboxylic acids is 1. The highest BCUT2D eigenvalue weighted by Gasteiger charge is 2.08. The fraction of sp³-hybridized carbons (Fsp3) is 0.417. The Kier molecular flexibility index (Phi) is 4.94. The molecule has 0 heterocycles. The van der Waals surface area contributed by atoms with Crippen LogP contribution in [-0.4, -0.2) is 20.0 Å². The van der Waals surface area contributed by atoms with Crippen LogP contribution in [-0.2, 0) is 16.0 Å². The summed E-state index contributed by atoms with van der Waals surface area (Å²) in [6, 6.07) is 10.2. The number of carbonyl (C=O) groups is 1. The lowest BCUT2D eigenvalue weighted by Crippen LogP contribution is -2.11. The van der Waals surface area contributed by atoms with Gasteiger partial charge in [-0.15, -0.1) is 0 Å². The normalized spacial score (nSPS) is 12.4. The predicted octanol–water partition coefficient (Wildman–Crippen LogP) is 2.08. The summed E-state index contributed by atoms with van der Waals surface area (Å²) >= 11 is 0. The topological polar surface area (TPSA) is 26.3 Å². The fourth-order valence-electron chi connectivity index (χ4n) is 1.53. The van der Waals surface area contributed by atoms with Crippen LogP contribution in [0.5, 0.6) is 0 Å². The van der Waals surface area contributed by atoms with Gasteiger partial charge in [0, 0.05) is 20.1 Å². The largest absolute Gasteiger partial charge is 0.384 e. The molecule has 1 aromatic rings. The third-order valence-corrected chi connectivity index (χ3v) is 2.20. The Hall–Kier alpha value is -1.15. The Morgan fingerprint density at radius 1 is 1.36 bits per heavy atom. The smallest absolute Gasteiger partial charge is 0.120 e. The molecule has 2 heteroatoms. The van der Waals surface area contributed by atoms with Crippen molar-refractivity contribution in [2.45, 2.75) is 12.8 Å². The first-order valence-corrected chi connectivity index (χ1v) is 4.83. The van der Waals surface area contributed by atoms with Crippen molar-refractivity contribution in [3.05, 3.63) is 35.9 Å². The second kappa shape index (κ2) is 6.33. The average molecular weight is 192 g/mol. The number of hydrogen-bond acceptors (Lipinski definition) is 2. The minimum Gasteiger partial charge on any atom is -0.384 e. The Labute approximate surface area is 84.9 Å². The first kappa shape index (κ1) is 10.9. The summed E-state index contributed by atoms with van der Waals surface area (Å²) in [5.74, 6) is 0.305. The van der Waals surface area contributed by atoms with Crippen LogP contribution in [0.15, 0.2) is 30.3 Å². The number of ether oxygens (including phenoxy) is 1. The summed E-state index contributed by atoms with van der Waals surface area (Å²) in [4.78, 5) is 10.4. The molecule has 1 unspecified atom stereocenters. The first-order chi connectivity index (χ1) is 6.86. The monoisotopic (exact) mass is 192 g/mol. The molecule has 0 N–H and O–H groups in total. The molecular formula is C12H16O2. The zero-order valence-electron chi connectivity index (χ0n) is 8.48. The van der Waals surface area contributed by atoms with Gasteiger partial charge in [-0.25, -0.2) is 0 Å². The molecule has 0 aliphatic heterocycles. The van der Waals surface area contributed by atoms with Crippen molar-refractivity contribution < 1.29 is 9.53 Å². The van der Waals surface area contributed by atoms with Crippen LogP contribution >= 0.6 is 0 Å². The molecule has 0 aromatic heterocycles. The minimum atomic E-state index is 0.305. The molecule has 0 saturated carbocycles. The second-order valence-corrected chi connectivity index (χ2v) is 3.41. The molecule has 0 spiro atoms. The standard InChI is InChI=1S/C12H16O2/c1-14-10-12(7-8-13)9-11-5-3-2-4-6-11/h2-6,8,12H,7,9-10H2,1H3. The maximum atomic E-state index is 10.4. The van der Waals surface area contributed by atoms with Crippen LogP contribution < -0.4 is 0 Å². The van der Waals surface area contributed by atoms with E-state index in [1.165, 1.54) is 5.56 Å². The number of hydrogen-bond donors (Lipinski definition) is 0. The highest BCUT2D eigenvalue weighted by atomic mass is 16.5. The van der Waals surface area contributed by atoms with Crippen LogP contribution in [0.2, 0.25) is 0 Å². The Balaban J connectivity index is 2.50. The Morgan fingerprint density at radius 3 is 2.64 bits per heavy atom. The highest BCUT2D eigenvalue weighted by molar-refractivity contribution is 5.49. The quantitative estimate of drug-likeness (QED) is 0.645. The van der Waals surface area contributed by atoms with E-state index in [0.717, 1.165) is 12.7 Å². The van der Waals surface area contributed by atoms with Gasteiger partial charge in [-0.1, -0.05) is 30.3 Å². The van der Waals surface area contributed by atoms with E-state index < -0.39 is 0 Å². The van der Waals surface area contributed by atoms with Crippen LogP contribution in [0.4, 0.5) is 0 Å². The Bertz CT molecular complexity index is 256. The summed E-state index contributed by atoms with van der Waals surface area (Å²) in [5, 5.41) is 0. The fourth-order valence-corrected chi connectivity index (χ4v) is 1.53. The van der Waals surface area contributed by atoms with Crippen molar-refractivity contribution in [1.29, 1.82) is 0 Å². The summed E-state index contributed by atoms with van der Waals surface area (Å²) < 4.78 is 5.07. The molecule has 0 amide bonds. The zero-order valence-corrected chi connectivity index (χ0v) is 8.48. The maximum Gasteiger partial charge on any atom is 0.120 e. The van der Waals surface area contributed by atoms with Gasteiger partial charge in [0.15, 0.2) is 0 Å². The molecule has 0 aliphatic carbocycles. The molecule has 0 bridgehead atoms. The van der Waals surface area contributed by atoms with Gasteiger partial charge >= 0.3 is 0 Å². The van der Waals surface area contributed by atoms with E-state index in [0.29, 0.717) is 18.9 Å². The zero-order chi connectivity index (χ0) is 10.2. The van der Waals surface area contributed by atoms with E-state index in [-0.39, 0.29) is 0 Å².